The molecule has 1 aliphatic heterocycles. The molecule has 0 amide bonds. The van der Waals surface area contributed by atoms with Crippen molar-refractivity contribution in [3.8, 4) is 0 Å². The highest BCUT2D eigenvalue weighted by atomic mass is 16.6. The first-order valence-electron chi connectivity index (χ1n) is 6.41. The van der Waals surface area contributed by atoms with Crippen LogP contribution in [0.25, 0.3) is 11.0 Å². The van der Waals surface area contributed by atoms with Gasteiger partial charge in [0.05, 0.1) is 12.8 Å². The third kappa shape index (κ3) is 2.12. The van der Waals surface area contributed by atoms with Crippen LogP contribution in [0.1, 0.15) is 6.23 Å². The summed E-state index contributed by atoms with van der Waals surface area (Å²) in [4.78, 5) is 1.74. The van der Waals surface area contributed by atoms with Gasteiger partial charge in [-0.3, -0.25) is 0 Å². The summed E-state index contributed by atoms with van der Waals surface area (Å²) >= 11 is 0. The van der Waals surface area contributed by atoms with Crippen LogP contribution >= 0.6 is 0 Å². The molecule has 0 unspecified atom stereocenters. The van der Waals surface area contributed by atoms with Gasteiger partial charge in [0.2, 0.25) is 0 Å². The van der Waals surface area contributed by atoms with Crippen LogP contribution in [-0.2, 0) is 4.74 Å². The van der Waals surface area contributed by atoms with Crippen LogP contribution in [0.3, 0.4) is 0 Å². The zero-order valence-electron chi connectivity index (χ0n) is 11.5. The molecule has 3 N–H and O–H groups in total. The lowest BCUT2D eigenvalue weighted by atomic mass is 10.1. The maximum absolute atomic E-state index is 10.0. The van der Waals surface area contributed by atoms with E-state index in [1.807, 2.05) is 0 Å². The second kappa shape index (κ2) is 5.15. The lowest BCUT2D eigenvalue weighted by molar-refractivity contribution is -0.0572. The molecule has 4 atom stereocenters. The molecule has 10 heteroatoms. The SMILES string of the molecule is CN(C)c1nncc2c1nnn2[C@@H]1O[C@H](CO)[C@@H](O)[C@H]1O. The van der Waals surface area contributed by atoms with E-state index >= 15 is 0 Å². The van der Waals surface area contributed by atoms with Crippen molar-refractivity contribution in [3.05, 3.63) is 6.20 Å². The summed E-state index contributed by atoms with van der Waals surface area (Å²) in [7, 11) is 3.60. The number of aliphatic hydroxyl groups is 3. The van der Waals surface area contributed by atoms with Gasteiger partial charge in [0.15, 0.2) is 17.6 Å². The van der Waals surface area contributed by atoms with Gasteiger partial charge in [-0.05, 0) is 0 Å². The Morgan fingerprint density at radius 1 is 1.29 bits per heavy atom. The number of fused-ring (bicyclic) bond motifs is 1. The van der Waals surface area contributed by atoms with Crippen LogP contribution in [0.15, 0.2) is 6.20 Å². The molecule has 114 valence electrons. The Labute approximate surface area is 119 Å². The topological polar surface area (TPSA) is 130 Å². The summed E-state index contributed by atoms with van der Waals surface area (Å²) in [5.74, 6) is 0.533. The number of rotatable bonds is 3. The quantitative estimate of drug-likeness (QED) is 0.583. The minimum absolute atomic E-state index is 0.399. The number of hydrogen-bond acceptors (Lipinski definition) is 9. The van der Waals surface area contributed by atoms with Crippen molar-refractivity contribution in [1.29, 1.82) is 0 Å². The molecule has 2 aromatic heterocycles. The summed E-state index contributed by atoms with van der Waals surface area (Å²) in [6.45, 7) is -0.399. The molecule has 0 radical (unpaired) electrons. The Morgan fingerprint density at radius 2 is 2.05 bits per heavy atom. The Balaban J connectivity index is 2.04. The minimum atomic E-state index is -1.22. The summed E-state index contributed by atoms with van der Waals surface area (Å²) in [6, 6.07) is 0. The zero-order valence-corrected chi connectivity index (χ0v) is 11.5. The lowest BCUT2D eigenvalue weighted by Crippen LogP contribution is -2.33. The normalized spacial score (nSPS) is 29.2. The second-order valence-corrected chi connectivity index (χ2v) is 5.06. The van der Waals surface area contributed by atoms with Crippen molar-refractivity contribution in [2.45, 2.75) is 24.5 Å². The van der Waals surface area contributed by atoms with Crippen LogP contribution in [0, 0.1) is 0 Å². The van der Waals surface area contributed by atoms with Crippen molar-refractivity contribution in [2.24, 2.45) is 0 Å². The molecule has 0 spiro atoms. The molecule has 3 heterocycles. The number of aromatic nitrogens is 5. The number of anilines is 1. The average molecular weight is 296 g/mol. The van der Waals surface area contributed by atoms with Gasteiger partial charge in [-0.1, -0.05) is 5.21 Å². The molecule has 10 nitrogen and oxygen atoms in total. The van der Waals surface area contributed by atoms with E-state index in [0.29, 0.717) is 16.9 Å². The molecule has 1 aliphatic rings. The van der Waals surface area contributed by atoms with Gasteiger partial charge >= 0.3 is 0 Å². The fourth-order valence-electron chi connectivity index (χ4n) is 2.34. The third-order valence-corrected chi connectivity index (χ3v) is 3.46. The number of nitrogens with zero attached hydrogens (tertiary/aromatic N) is 6. The highest BCUT2D eigenvalue weighted by molar-refractivity contribution is 5.84. The van der Waals surface area contributed by atoms with Gasteiger partial charge in [-0.25, -0.2) is 4.68 Å². The number of hydrogen-bond donors (Lipinski definition) is 3. The molecule has 1 fully saturated rings. The van der Waals surface area contributed by atoms with Crippen LogP contribution in [0.2, 0.25) is 0 Å². The Hall–Kier alpha value is -1.88. The van der Waals surface area contributed by atoms with E-state index in [-0.39, 0.29) is 0 Å². The van der Waals surface area contributed by atoms with E-state index in [1.54, 1.807) is 19.0 Å². The monoisotopic (exact) mass is 296 g/mol. The summed E-state index contributed by atoms with van der Waals surface area (Å²) in [5, 5.41) is 44.8. The van der Waals surface area contributed by atoms with Crippen LogP contribution in [0.4, 0.5) is 5.82 Å². The fourth-order valence-corrected chi connectivity index (χ4v) is 2.34. The lowest BCUT2D eigenvalue weighted by Gasteiger charge is -2.15. The molecular formula is C11H16N6O4. The van der Waals surface area contributed by atoms with Crippen molar-refractivity contribution in [1.82, 2.24) is 25.2 Å². The van der Waals surface area contributed by atoms with E-state index in [0.717, 1.165) is 0 Å². The van der Waals surface area contributed by atoms with Crippen molar-refractivity contribution in [2.75, 3.05) is 25.6 Å². The minimum Gasteiger partial charge on any atom is -0.394 e. The average Bonchev–Trinajstić information content (AvgIpc) is 3.01. The van der Waals surface area contributed by atoms with E-state index in [2.05, 4.69) is 20.5 Å². The molecule has 21 heavy (non-hydrogen) atoms. The Bertz CT molecular complexity index is 647. The van der Waals surface area contributed by atoms with Crippen LogP contribution in [-0.4, -0.2) is 79.5 Å². The van der Waals surface area contributed by atoms with Gasteiger partial charge in [0.1, 0.15) is 23.8 Å². The van der Waals surface area contributed by atoms with Gasteiger partial charge < -0.3 is 25.0 Å². The summed E-state index contributed by atoms with van der Waals surface area (Å²) < 4.78 is 6.77. The summed E-state index contributed by atoms with van der Waals surface area (Å²) in [5.41, 5.74) is 1.02. The fraction of sp³-hybridized carbons (Fsp3) is 0.636. The van der Waals surface area contributed by atoms with Gasteiger partial charge in [-0.15, -0.1) is 10.2 Å². The summed E-state index contributed by atoms with van der Waals surface area (Å²) in [6.07, 6.45) is -2.77. The highest BCUT2D eigenvalue weighted by Gasteiger charge is 2.44. The molecule has 0 aliphatic carbocycles. The van der Waals surface area contributed by atoms with E-state index < -0.39 is 31.1 Å². The first-order chi connectivity index (χ1) is 10.0. The number of aliphatic hydroxyl groups excluding tert-OH is 3. The maximum atomic E-state index is 10.0. The standard InChI is InChI=1S/C11H16N6O4/c1-16(2)10-7-5(3-12-14-10)17(15-13-7)11-9(20)8(19)6(4-18)21-11/h3,6,8-9,11,18-20H,4H2,1-2H3/t6-,8-,9-,11-/m1/s1. The third-order valence-electron chi connectivity index (χ3n) is 3.46. The largest absolute Gasteiger partial charge is 0.394 e. The maximum Gasteiger partial charge on any atom is 0.181 e. The number of ether oxygens (including phenoxy) is 1. The molecule has 0 saturated carbocycles. The Kier molecular flexibility index (Phi) is 3.45. The van der Waals surface area contributed by atoms with E-state index in [9.17, 15) is 10.2 Å². The Morgan fingerprint density at radius 3 is 2.67 bits per heavy atom. The van der Waals surface area contributed by atoms with E-state index in [1.165, 1.54) is 10.9 Å². The second-order valence-electron chi connectivity index (χ2n) is 5.06. The van der Waals surface area contributed by atoms with Gasteiger partial charge in [0, 0.05) is 14.1 Å². The predicted octanol–water partition coefficient (Wildman–Crippen LogP) is -2.10. The molecule has 0 aromatic carbocycles. The zero-order chi connectivity index (χ0) is 15.1. The smallest absolute Gasteiger partial charge is 0.181 e. The van der Waals surface area contributed by atoms with Crippen molar-refractivity contribution >= 4 is 16.9 Å². The van der Waals surface area contributed by atoms with Crippen LogP contribution < -0.4 is 4.90 Å². The molecule has 3 rings (SSSR count). The van der Waals surface area contributed by atoms with Gasteiger partial charge in [-0.2, -0.15) is 5.10 Å². The molecule has 1 saturated heterocycles. The first kappa shape index (κ1) is 14.1. The predicted molar refractivity (Wildman–Crippen MR) is 70.5 cm³/mol. The van der Waals surface area contributed by atoms with Crippen LogP contribution in [0.5, 0.6) is 0 Å². The van der Waals surface area contributed by atoms with Crippen molar-refractivity contribution < 1.29 is 20.1 Å². The molecule has 0 bridgehead atoms. The molecule has 2 aromatic rings. The first-order valence-corrected chi connectivity index (χ1v) is 6.41. The molecular weight excluding hydrogens is 280 g/mol. The van der Waals surface area contributed by atoms with Crippen molar-refractivity contribution in [3.63, 3.8) is 0 Å². The highest BCUT2D eigenvalue weighted by Crippen LogP contribution is 2.31. The van der Waals surface area contributed by atoms with E-state index in [4.69, 9.17) is 9.84 Å². The van der Waals surface area contributed by atoms with Gasteiger partial charge in [0.25, 0.3) is 0 Å².